The van der Waals surface area contributed by atoms with Gasteiger partial charge < -0.3 is 9.15 Å². The number of sulfonamides is 1. The first-order chi connectivity index (χ1) is 14.0. The summed E-state index contributed by atoms with van der Waals surface area (Å²) in [5, 5.41) is 3.18. The molecule has 2 aromatic heterocycles. The molecule has 8 nitrogen and oxygen atoms in total. The summed E-state index contributed by atoms with van der Waals surface area (Å²) in [6.45, 7) is 2.95. The van der Waals surface area contributed by atoms with Crippen LogP contribution < -0.4 is 10.1 Å². The lowest BCUT2D eigenvalue weighted by Crippen LogP contribution is -2.35. The van der Waals surface area contributed by atoms with Crippen LogP contribution in [0, 0.1) is 0 Å². The highest BCUT2D eigenvalue weighted by atomic mass is 32.2. The largest absolute Gasteiger partial charge is 0.494 e. The predicted molar refractivity (Wildman–Crippen MR) is 108 cm³/mol. The molecule has 0 spiro atoms. The Balaban J connectivity index is 1.49. The van der Waals surface area contributed by atoms with E-state index >= 15 is 0 Å². The lowest BCUT2D eigenvalue weighted by molar-refractivity contribution is 0.102. The van der Waals surface area contributed by atoms with Crippen LogP contribution in [-0.4, -0.2) is 36.8 Å². The van der Waals surface area contributed by atoms with Gasteiger partial charge in [-0.25, -0.2) is 13.4 Å². The van der Waals surface area contributed by atoms with Crippen molar-refractivity contribution in [3.63, 3.8) is 0 Å². The summed E-state index contributed by atoms with van der Waals surface area (Å²) in [4.78, 5) is 17.6. The van der Waals surface area contributed by atoms with Crippen LogP contribution in [-0.2, 0) is 23.0 Å². The second kappa shape index (κ2) is 7.97. The maximum atomic E-state index is 13.0. The highest BCUT2D eigenvalue weighted by Crippen LogP contribution is 2.31. The Kier molecular flexibility index (Phi) is 5.39. The number of rotatable bonds is 6. The van der Waals surface area contributed by atoms with Gasteiger partial charge in [0.25, 0.3) is 5.91 Å². The van der Waals surface area contributed by atoms with Crippen molar-refractivity contribution in [2.75, 3.05) is 18.5 Å². The standard InChI is InChI=1S/C19H19N3O5S2/c1-2-27-14-3-5-15(6-4-14)29(24,25)22-9-7-16-17(11-22)28-19(20-16)21-18(23)13-8-10-26-12-13/h3-6,8,10,12H,2,7,9,11H2,1H3,(H,20,21,23). The lowest BCUT2D eigenvalue weighted by atomic mass is 10.2. The molecule has 29 heavy (non-hydrogen) atoms. The number of thiazole rings is 1. The molecule has 1 aliphatic heterocycles. The van der Waals surface area contributed by atoms with Crippen molar-refractivity contribution in [1.82, 2.24) is 9.29 Å². The third-order valence-electron chi connectivity index (χ3n) is 4.47. The molecule has 0 atom stereocenters. The zero-order valence-electron chi connectivity index (χ0n) is 15.6. The topological polar surface area (TPSA) is 102 Å². The average molecular weight is 434 g/mol. The van der Waals surface area contributed by atoms with Crippen molar-refractivity contribution in [1.29, 1.82) is 0 Å². The molecule has 1 aromatic carbocycles. The highest BCUT2D eigenvalue weighted by molar-refractivity contribution is 7.89. The van der Waals surface area contributed by atoms with E-state index < -0.39 is 10.0 Å². The molecule has 4 rings (SSSR count). The maximum absolute atomic E-state index is 13.0. The molecule has 0 unspecified atom stereocenters. The number of fused-ring (bicyclic) bond motifs is 1. The van der Waals surface area contributed by atoms with Crippen LogP contribution in [0.2, 0.25) is 0 Å². The number of amides is 1. The minimum Gasteiger partial charge on any atom is -0.494 e. The summed E-state index contributed by atoms with van der Waals surface area (Å²) in [6, 6.07) is 7.98. The van der Waals surface area contributed by atoms with Crippen molar-refractivity contribution in [3.05, 3.63) is 59.0 Å². The van der Waals surface area contributed by atoms with E-state index in [9.17, 15) is 13.2 Å². The van der Waals surface area contributed by atoms with Crippen molar-refractivity contribution in [2.24, 2.45) is 0 Å². The van der Waals surface area contributed by atoms with E-state index in [4.69, 9.17) is 9.15 Å². The minimum atomic E-state index is -3.63. The quantitative estimate of drug-likeness (QED) is 0.641. The van der Waals surface area contributed by atoms with Crippen molar-refractivity contribution >= 4 is 32.4 Å². The van der Waals surface area contributed by atoms with Gasteiger partial charge in [0.05, 0.1) is 35.6 Å². The zero-order chi connectivity index (χ0) is 20.4. The molecule has 0 saturated carbocycles. The summed E-state index contributed by atoms with van der Waals surface area (Å²) in [5.74, 6) is 0.316. The van der Waals surface area contributed by atoms with Gasteiger partial charge in [0, 0.05) is 17.8 Å². The van der Waals surface area contributed by atoms with Gasteiger partial charge in [-0.15, -0.1) is 11.3 Å². The minimum absolute atomic E-state index is 0.224. The fourth-order valence-corrected chi connectivity index (χ4v) is 5.53. The van der Waals surface area contributed by atoms with Gasteiger partial charge in [-0.1, -0.05) is 0 Å². The van der Waals surface area contributed by atoms with E-state index in [1.807, 2.05) is 6.92 Å². The Bertz CT molecular complexity index is 1110. The molecule has 0 bridgehead atoms. The summed E-state index contributed by atoms with van der Waals surface area (Å²) in [5.41, 5.74) is 1.22. The summed E-state index contributed by atoms with van der Waals surface area (Å²) in [7, 11) is -3.63. The number of hydrogen-bond donors (Lipinski definition) is 1. The van der Waals surface area contributed by atoms with Crippen LogP contribution in [0.5, 0.6) is 5.75 Å². The van der Waals surface area contributed by atoms with Crippen LogP contribution in [0.25, 0.3) is 0 Å². The van der Waals surface area contributed by atoms with Crippen LogP contribution in [0.15, 0.2) is 52.2 Å². The molecular weight excluding hydrogens is 414 g/mol. The number of nitrogens with one attached hydrogen (secondary N) is 1. The smallest absolute Gasteiger partial charge is 0.260 e. The Labute approximate surface area is 172 Å². The Morgan fingerprint density at radius 1 is 1.31 bits per heavy atom. The summed E-state index contributed by atoms with van der Waals surface area (Å²) >= 11 is 1.29. The van der Waals surface area contributed by atoms with Crippen molar-refractivity contribution in [3.8, 4) is 5.75 Å². The Morgan fingerprint density at radius 3 is 2.79 bits per heavy atom. The van der Waals surface area contributed by atoms with Gasteiger partial charge >= 0.3 is 0 Å². The van der Waals surface area contributed by atoms with Crippen molar-refractivity contribution < 1.29 is 22.4 Å². The van der Waals surface area contributed by atoms with Gasteiger partial charge in [0.2, 0.25) is 10.0 Å². The van der Waals surface area contributed by atoms with Gasteiger partial charge in [-0.2, -0.15) is 4.31 Å². The number of ether oxygens (including phenoxy) is 1. The number of aromatic nitrogens is 1. The maximum Gasteiger partial charge on any atom is 0.260 e. The normalized spacial score (nSPS) is 14.4. The van der Waals surface area contributed by atoms with E-state index in [0.29, 0.717) is 36.0 Å². The molecule has 1 amide bonds. The molecule has 0 radical (unpaired) electrons. The third kappa shape index (κ3) is 4.04. The second-order valence-corrected chi connectivity index (χ2v) is 9.37. The van der Waals surface area contributed by atoms with E-state index in [0.717, 1.165) is 10.6 Å². The molecule has 3 heterocycles. The number of hydrogen-bond acceptors (Lipinski definition) is 7. The van der Waals surface area contributed by atoms with Crippen LogP contribution >= 0.6 is 11.3 Å². The van der Waals surface area contributed by atoms with Gasteiger partial charge in [0.15, 0.2) is 5.13 Å². The first-order valence-corrected chi connectivity index (χ1v) is 11.3. The van der Waals surface area contributed by atoms with Gasteiger partial charge in [-0.3, -0.25) is 10.1 Å². The van der Waals surface area contributed by atoms with Crippen LogP contribution in [0.4, 0.5) is 5.13 Å². The van der Waals surface area contributed by atoms with E-state index in [1.165, 1.54) is 28.2 Å². The summed E-state index contributed by atoms with van der Waals surface area (Å²) in [6.07, 6.45) is 3.27. The molecule has 0 aliphatic carbocycles. The number of nitrogens with zero attached hydrogens (tertiary/aromatic N) is 2. The number of furan rings is 1. The second-order valence-electron chi connectivity index (χ2n) is 6.35. The number of carbonyl (C=O) groups excluding carboxylic acids is 1. The van der Waals surface area contributed by atoms with E-state index in [1.54, 1.807) is 30.3 Å². The molecule has 0 fully saturated rings. The fraction of sp³-hybridized carbons (Fsp3) is 0.263. The Morgan fingerprint density at radius 2 is 2.10 bits per heavy atom. The zero-order valence-corrected chi connectivity index (χ0v) is 17.3. The molecule has 3 aromatic rings. The summed E-state index contributed by atoms with van der Waals surface area (Å²) < 4.78 is 37.7. The Hall–Kier alpha value is -2.69. The molecule has 0 saturated heterocycles. The number of anilines is 1. The third-order valence-corrected chi connectivity index (χ3v) is 7.33. The molecular formula is C19H19N3O5S2. The van der Waals surface area contributed by atoms with Crippen LogP contribution in [0.1, 0.15) is 27.9 Å². The van der Waals surface area contributed by atoms with Gasteiger partial charge in [0.1, 0.15) is 12.0 Å². The monoisotopic (exact) mass is 433 g/mol. The lowest BCUT2D eigenvalue weighted by Gasteiger charge is -2.25. The number of carbonyl (C=O) groups is 1. The van der Waals surface area contributed by atoms with E-state index in [-0.39, 0.29) is 17.3 Å². The molecule has 1 N–H and O–H groups in total. The molecule has 1 aliphatic rings. The van der Waals surface area contributed by atoms with Crippen LogP contribution in [0.3, 0.4) is 0 Å². The highest BCUT2D eigenvalue weighted by Gasteiger charge is 2.30. The first kappa shape index (κ1) is 19.6. The number of benzene rings is 1. The first-order valence-electron chi connectivity index (χ1n) is 9.02. The molecule has 10 heteroatoms. The predicted octanol–water partition coefficient (Wildman–Crippen LogP) is 3.13. The van der Waals surface area contributed by atoms with Gasteiger partial charge in [-0.05, 0) is 37.3 Å². The fourth-order valence-electron chi connectivity index (χ4n) is 3.02. The molecule has 152 valence electrons. The SMILES string of the molecule is CCOc1ccc(S(=O)(=O)N2CCc3nc(NC(=O)c4ccoc4)sc3C2)cc1. The van der Waals surface area contributed by atoms with Crippen molar-refractivity contribution in [2.45, 2.75) is 24.8 Å². The average Bonchev–Trinajstić information content (AvgIpc) is 3.37. The van der Waals surface area contributed by atoms with E-state index in [2.05, 4.69) is 10.3 Å².